The van der Waals surface area contributed by atoms with Crippen molar-refractivity contribution in [2.24, 2.45) is 4.99 Å². The SMILES string of the molecule is CN=C(NCCCn1cccn1)N1CCN(C(C)c2ccc(Br)cc2)CC1. The standard InChI is InChI=1S/C20H29BrN6/c1-17(18-5-7-19(21)8-6-18)25-13-15-26(16-14-25)20(22-2)23-9-3-11-27-12-4-10-24-27/h4-8,10,12,17H,3,9,11,13-16H2,1-2H3,(H,22,23). The Morgan fingerprint density at radius 2 is 1.96 bits per heavy atom. The van der Waals surface area contributed by atoms with Crippen molar-refractivity contribution in [3.63, 3.8) is 0 Å². The molecule has 1 aliphatic heterocycles. The Bertz CT molecular complexity index is 705. The summed E-state index contributed by atoms with van der Waals surface area (Å²) in [6, 6.07) is 11.1. The average molecular weight is 433 g/mol. The highest BCUT2D eigenvalue weighted by atomic mass is 79.9. The van der Waals surface area contributed by atoms with Gasteiger partial charge in [-0.05, 0) is 37.1 Å². The van der Waals surface area contributed by atoms with Crippen LogP contribution in [0, 0.1) is 0 Å². The number of hydrogen-bond acceptors (Lipinski definition) is 3. The van der Waals surface area contributed by atoms with Gasteiger partial charge < -0.3 is 10.2 Å². The average Bonchev–Trinajstić information content (AvgIpc) is 3.22. The number of aryl methyl sites for hydroxylation is 1. The highest BCUT2D eigenvalue weighted by molar-refractivity contribution is 9.10. The first kappa shape index (κ1) is 19.9. The topological polar surface area (TPSA) is 48.7 Å². The van der Waals surface area contributed by atoms with Crippen LogP contribution in [0.25, 0.3) is 0 Å². The van der Waals surface area contributed by atoms with Crippen LogP contribution in [0.15, 0.2) is 52.2 Å². The van der Waals surface area contributed by atoms with E-state index in [4.69, 9.17) is 0 Å². The molecule has 1 unspecified atom stereocenters. The number of hydrogen-bond donors (Lipinski definition) is 1. The van der Waals surface area contributed by atoms with E-state index in [0.717, 1.165) is 56.1 Å². The minimum Gasteiger partial charge on any atom is -0.356 e. The molecule has 0 aliphatic carbocycles. The van der Waals surface area contributed by atoms with Crippen LogP contribution in [0.4, 0.5) is 0 Å². The summed E-state index contributed by atoms with van der Waals surface area (Å²) in [4.78, 5) is 9.38. The van der Waals surface area contributed by atoms with Gasteiger partial charge in [-0.1, -0.05) is 28.1 Å². The Hall–Kier alpha value is -1.86. The van der Waals surface area contributed by atoms with Gasteiger partial charge in [0.15, 0.2) is 5.96 Å². The monoisotopic (exact) mass is 432 g/mol. The van der Waals surface area contributed by atoms with Crippen LogP contribution >= 0.6 is 15.9 Å². The van der Waals surface area contributed by atoms with Crippen molar-refractivity contribution in [3.8, 4) is 0 Å². The molecule has 0 radical (unpaired) electrons. The summed E-state index contributed by atoms with van der Waals surface area (Å²) >= 11 is 3.51. The summed E-state index contributed by atoms with van der Waals surface area (Å²) in [5, 5.41) is 7.73. The third-order valence-corrected chi connectivity index (χ3v) is 5.66. The highest BCUT2D eigenvalue weighted by Gasteiger charge is 2.23. The maximum Gasteiger partial charge on any atom is 0.193 e. The predicted molar refractivity (Wildman–Crippen MR) is 114 cm³/mol. The molecular formula is C20H29BrN6. The summed E-state index contributed by atoms with van der Waals surface area (Å²) in [7, 11) is 1.87. The summed E-state index contributed by atoms with van der Waals surface area (Å²) in [5.74, 6) is 1.01. The summed E-state index contributed by atoms with van der Waals surface area (Å²) in [5.41, 5.74) is 1.37. The molecule has 2 heterocycles. The summed E-state index contributed by atoms with van der Waals surface area (Å²) in [6.45, 7) is 8.22. The van der Waals surface area contributed by atoms with Crippen LogP contribution in [0.2, 0.25) is 0 Å². The second-order valence-electron chi connectivity index (χ2n) is 6.85. The fraction of sp³-hybridized carbons (Fsp3) is 0.500. The number of halogens is 1. The van der Waals surface area contributed by atoms with Crippen molar-refractivity contribution in [1.82, 2.24) is 24.9 Å². The zero-order valence-corrected chi connectivity index (χ0v) is 17.8. The lowest BCUT2D eigenvalue weighted by atomic mass is 10.1. The van der Waals surface area contributed by atoms with Gasteiger partial charge in [0.2, 0.25) is 0 Å². The predicted octanol–water partition coefficient (Wildman–Crippen LogP) is 2.99. The fourth-order valence-corrected chi connectivity index (χ4v) is 3.74. The molecule has 146 valence electrons. The molecule has 0 spiro atoms. The van der Waals surface area contributed by atoms with E-state index in [1.807, 2.05) is 30.2 Å². The van der Waals surface area contributed by atoms with Gasteiger partial charge in [-0.25, -0.2) is 0 Å². The molecule has 1 aliphatic rings. The maximum atomic E-state index is 4.47. The quantitative estimate of drug-likeness (QED) is 0.432. The zero-order chi connectivity index (χ0) is 19.1. The lowest BCUT2D eigenvalue weighted by molar-refractivity contribution is 0.138. The van der Waals surface area contributed by atoms with Crippen molar-refractivity contribution >= 4 is 21.9 Å². The van der Waals surface area contributed by atoms with E-state index in [2.05, 4.69) is 72.3 Å². The minimum absolute atomic E-state index is 0.435. The van der Waals surface area contributed by atoms with Gasteiger partial charge in [-0.3, -0.25) is 14.6 Å². The largest absolute Gasteiger partial charge is 0.356 e. The van der Waals surface area contributed by atoms with E-state index in [9.17, 15) is 0 Å². The van der Waals surface area contributed by atoms with Gasteiger partial charge in [0.25, 0.3) is 0 Å². The molecule has 0 saturated carbocycles. The van der Waals surface area contributed by atoms with Crippen LogP contribution in [0.5, 0.6) is 0 Å². The molecule has 1 atom stereocenters. The van der Waals surface area contributed by atoms with Crippen LogP contribution in [0.1, 0.15) is 24.9 Å². The molecule has 0 amide bonds. The van der Waals surface area contributed by atoms with Gasteiger partial charge in [0.05, 0.1) is 0 Å². The smallest absolute Gasteiger partial charge is 0.193 e. The van der Waals surface area contributed by atoms with Gasteiger partial charge in [-0.2, -0.15) is 5.10 Å². The third kappa shape index (κ3) is 5.56. The van der Waals surface area contributed by atoms with Crippen molar-refractivity contribution in [2.45, 2.75) is 25.9 Å². The van der Waals surface area contributed by atoms with Crippen molar-refractivity contribution in [2.75, 3.05) is 39.8 Å². The first-order valence-corrected chi connectivity index (χ1v) is 10.4. The van der Waals surface area contributed by atoms with Crippen molar-refractivity contribution in [1.29, 1.82) is 0 Å². The second-order valence-corrected chi connectivity index (χ2v) is 7.76. The lowest BCUT2D eigenvalue weighted by Gasteiger charge is -2.39. The number of aromatic nitrogens is 2. The number of nitrogens with one attached hydrogen (secondary N) is 1. The Balaban J connectivity index is 1.43. The Morgan fingerprint density at radius 1 is 1.22 bits per heavy atom. The number of rotatable bonds is 6. The molecule has 1 aromatic heterocycles. The van der Waals surface area contributed by atoms with Gasteiger partial charge in [0.1, 0.15) is 0 Å². The molecule has 1 saturated heterocycles. The molecule has 6 nitrogen and oxygen atoms in total. The van der Waals surface area contributed by atoms with E-state index >= 15 is 0 Å². The van der Waals surface area contributed by atoms with Crippen LogP contribution in [0.3, 0.4) is 0 Å². The minimum atomic E-state index is 0.435. The van der Waals surface area contributed by atoms with Crippen LogP contribution in [-0.2, 0) is 6.54 Å². The first-order chi connectivity index (χ1) is 13.2. The van der Waals surface area contributed by atoms with E-state index < -0.39 is 0 Å². The number of benzene rings is 1. The molecule has 1 N–H and O–H groups in total. The van der Waals surface area contributed by atoms with E-state index in [-0.39, 0.29) is 0 Å². The molecule has 3 rings (SSSR count). The molecule has 1 aromatic carbocycles. The normalized spacial score (nSPS) is 17.1. The molecular weight excluding hydrogens is 404 g/mol. The van der Waals surface area contributed by atoms with Crippen LogP contribution in [-0.4, -0.2) is 65.3 Å². The summed E-state index contributed by atoms with van der Waals surface area (Å²) < 4.78 is 3.10. The zero-order valence-electron chi connectivity index (χ0n) is 16.2. The fourth-order valence-electron chi connectivity index (χ4n) is 3.48. The van der Waals surface area contributed by atoms with E-state index in [0.29, 0.717) is 6.04 Å². The molecule has 0 bridgehead atoms. The lowest BCUT2D eigenvalue weighted by Crippen LogP contribution is -2.53. The summed E-state index contributed by atoms with van der Waals surface area (Å²) in [6.07, 6.45) is 4.85. The molecule has 7 heteroatoms. The Labute approximate surface area is 170 Å². The molecule has 2 aromatic rings. The van der Waals surface area contributed by atoms with E-state index in [1.54, 1.807) is 0 Å². The Kier molecular flexibility index (Phi) is 7.29. The second kappa shape index (κ2) is 9.90. The van der Waals surface area contributed by atoms with E-state index in [1.165, 1.54) is 5.56 Å². The Morgan fingerprint density at radius 3 is 2.59 bits per heavy atom. The number of guanidine groups is 1. The maximum absolute atomic E-state index is 4.47. The molecule has 1 fully saturated rings. The molecule has 27 heavy (non-hydrogen) atoms. The number of piperazine rings is 1. The van der Waals surface area contributed by atoms with Crippen LogP contribution < -0.4 is 5.32 Å². The first-order valence-electron chi connectivity index (χ1n) is 9.60. The highest BCUT2D eigenvalue weighted by Crippen LogP contribution is 2.23. The van der Waals surface area contributed by atoms with Crippen molar-refractivity contribution < 1.29 is 0 Å². The third-order valence-electron chi connectivity index (χ3n) is 5.13. The van der Waals surface area contributed by atoms with Gasteiger partial charge in [0, 0.05) is 69.2 Å². The van der Waals surface area contributed by atoms with Gasteiger partial charge >= 0.3 is 0 Å². The number of nitrogens with zero attached hydrogens (tertiary/aromatic N) is 5. The van der Waals surface area contributed by atoms with Gasteiger partial charge in [-0.15, -0.1) is 0 Å². The van der Waals surface area contributed by atoms with Crippen molar-refractivity contribution in [3.05, 3.63) is 52.8 Å². The number of aliphatic imine (C=N–C) groups is 1.